The topological polar surface area (TPSA) is 61.5 Å². The van der Waals surface area contributed by atoms with E-state index in [1.54, 1.807) is 32.4 Å². The maximum atomic E-state index is 12.8. The number of nitrogens with two attached hydrogens (primary N) is 1. The molecule has 0 aliphatic rings. The molecule has 4 nitrogen and oxygen atoms in total. The molecule has 0 unspecified atom stereocenters. The normalized spacial score (nSPS) is 10.3. The van der Waals surface area contributed by atoms with Gasteiger partial charge in [-0.15, -0.1) is 0 Å². The molecule has 2 aromatic rings. The van der Waals surface area contributed by atoms with E-state index in [2.05, 4.69) is 0 Å². The van der Waals surface area contributed by atoms with E-state index < -0.39 is 0 Å². The van der Waals surface area contributed by atoms with Crippen LogP contribution in [0.2, 0.25) is 0 Å². The molecule has 0 radical (unpaired) electrons. The number of anilines is 1. The second-order valence-electron chi connectivity index (χ2n) is 4.94. The number of nitrogen functional groups attached to an aromatic ring is 1. The van der Waals surface area contributed by atoms with Gasteiger partial charge in [0.15, 0.2) is 5.78 Å². The zero-order valence-electron chi connectivity index (χ0n) is 12.7. The quantitative estimate of drug-likeness (QED) is 0.692. The monoisotopic (exact) mass is 285 g/mol. The summed E-state index contributed by atoms with van der Waals surface area (Å²) in [5, 5.41) is 0. The Balaban J connectivity index is 2.60. The number of rotatable bonds is 4. The van der Waals surface area contributed by atoms with Crippen LogP contribution in [0.25, 0.3) is 0 Å². The lowest BCUT2D eigenvalue weighted by Gasteiger charge is -2.14. The highest BCUT2D eigenvalue weighted by molar-refractivity contribution is 6.14. The number of hydrogen-bond donors (Lipinski definition) is 1. The number of hydrogen-bond acceptors (Lipinski definition) is 4. The Labute approximate surface area is 124 Å². The van der Waals surface area contributed by atoms with Crippen LogP contribution in [0.15, 0.2) is 30.3 Å². The smallest absolute Gasteiger partial charge is 0.199 e. The molecule has 0 aliphatic carbocycles. The van der Waals surface area contributed by atoms with Gasteiger partial charge in [-0.1, -0.05) is 6.07 Å². The number of methoxy groups -OCH3 is 2. The fraction of sp³-hybridized carbons (Fsp3) is 0.235. The molecular formula is C17H19NO3. The van der Waals surface area contributed by atoms with Crippen molar-refractivity contribution in [2.45, 2.75) is 13.8 Å². The summed E-state index contributed by atoms with van der Waals surface area (Å²) in [6.45, 7) is 3.85. The number of ketones is 1. The van der Waals surface area contributed by atoms with Gasteiger partial charge in [0.25, 0.3) is 0 Å². The summed E-state index contributed by atoms with van der Waals surface area (Å²) in [6, 6.07) is 8.84. The molecule has 0 aromatic heterocycles. The molecule has 0 heterocycles. The van der Waals surface area contributed by atoms with E-state index in [4.69, 9.17) is 15.2 Å². The summed E-state index contributed by atoms with van der Waals surface area (Å²) in [5.41, 5.74) is 9.20. The Morgan fingerprint density at radius 3 is 2.38 bits per heavy atom. The van der Waals surface area contributed by atoms with Gasteiger partial charge >= 0.3 is 0 Å². The Bertz CT molecular complexity index is 693. The first-order valence-corrected chi connectivity index (χ1v) is 6.61. The van der Waals surface area contributed by atoms with Crippen molar-refractivity contribution in [3.63, 3.8) is 0 Å². The van der Waals surface area contributed by atoms with Crippen molar-refractivity contribution in [3.8, 4) is 11.5 Å². The minimum absolute atomic E-state index is 0.166. The molecule has 0 saturated carbocycles. The molecule has 0 bridgehead atoms. The summed E-state index contributed by atoms with van der Waals surface area (Å²) in [6.07, 6.45) is 0. The Kier molecular flexibility index (Phi) is 4.17. The summed E-state index contributed by atoms with van der Waals surface area (Å²) < 4.78 is 10.5. The van der Waals surface area contributed by atoms with Gasteiger partial charge in [-0.25, -0.2) is 0 Å². The van der Waals surface area contributed by atoms with Crippen molar-refractivity contribution in [2.75, 3.05) is 20.0 Å². The van der Waals surface area contributed by atoms with Crippen molar-refractivity contribution in [3.05, 3.63) is 52.6 Å². The molecule has 0 saturated heterocycles. The predicted octanol–water partition coefficient (Wildman–Crippen LogP) is 3.13. The van der Waals surface area contributed by atoms with E-state index in [1.165, 1.54) is 0 Å². The van der Waals surface area contributed by atoms with Gasteiger partial charge in [-0.05, 0) is 49.2 Å². The van der Waals surface area contributed by atoms with Gasteiger partial charge in [-0.2, -0.15) is 0 Å². The Hall–Kier alpha value is -2.49. The molecule has 0 spiro atoms. The maximum absolute atomic E-state index is 12.8. The van der Waals surface area contributed by atoms with Crippen LogP contribution in [-0.2, 0) is 0 Å². The number of carbonyl (C=O) groups excluding carboxylic acids is 1. The van der Waals surface area contributed by atoms with E-state index in [9.17, 15) is 4.79 Å². The molecule has 110 valence electrons. The van der Waals surface area contributed by atoms with Crippen LogP contribution in [0.1, 0.15) is 27.0 Å². The zero-order chi connectivity index (χ0) is 15.6. The van der Waals surface area contributed by atoms with Crippen molar-refractivity contribution in [2.24, 2.45) is 0 Å². The summed E-state index contributed by atoms with van der Waals surface area (Å²) >= 11 is 0. The number of aryl methyl sites for hydroxylation is 2. The van der Waals surface area contributed by atoms with E-state index in [-0.39, 0.29) is 5.78 Å². The van der Waals surface area contributed by atoms with Crippen LogP contribution in [0.4, 0.5) is 5.69 Å². The van der Waals surface area contributed by atoms with Crippen LogP contribution in [-0.4, -0.2) is 20.0 Å². The average Bonchev–Trinajstić information content (AvgIpc) is 2.46. The fourth-order valence-electron chi connectivity index (χ4n) is 2.37. The fourth-order valence-corrected chi connectivity index (χ4v) is 2.37. The third-order valence-electron chi connectivity index (χ3n) is 3.40. The van der Waals surface area contributed by atoms with Crippen LogP contribution < -0.4 is 15.2 Å². The van der Waals surface area contributed by atoms with Crippen LogP contribution >= 0.6 is 0 Å². The van der Waals surface area contributed by atoms with Gasteiger partial charge in [-0.3, -0.25) is 4.79 Å². The highest BCUT2D eigenvalue weighted by Crippen LogP contribution is 2.30. The molecule has 0 aliphatic heterocycles. The summed E-state index contributed by atoms with van der Waals surface area (Å²) in [4.78, 5) is 12.8. The SMILES string of the molecule is COc1ccc(N)c(C(=O)c2c(C)cc(C)cc2OC)c1. The molecular weight excluding hydrogens is 266 g/mol. The van der Waals surface area contributed by atoms with E-state index in [0.29, 0.717) is 28.3 Å². The van der Waals surface area contributed by atoms with Crippen LogP contribution in [0.3, 0.4) is 0 Å². The van der Waals surface area contributed by atoms with Crippen LogP contribution in [0.5, 0.6) is 11.5 Å². The first kappa shape index (κ1) is 14.9. The Morgan fingerprint density at radius 1 is 1.05 bits per heavy atom. The third-order valence-corrected chi connectivity index (χ3v) is 3.40. The number of carbonyl (C=O) groups is 1. The van der Waals surface area contributed by atoms with Crippen molar-refractivity contribution in [1.82, 2.24) is 0 Å². The number of benzene rings is 2. The van der Waals surface area contributed by atoms with Gasteiger partial charge < -0.3 is 15.2 Å². The van der Waals surface area contributed by atoms with Gasteiger partial charge in [0, 0.05) is 11.3 Å². The highest BCUT2D eigenvalue weighted by Gasteiger charge is 2.20. The molecule has 2 aromatic carbocycles. The van der Waals surface area contributed by atoms with Crippen molar-refractivity contribution >= 4 is 11.5 Å². The minimum Gasteiger partial charge on any atom is -0.497 e. The molecule has 21 heavy (non-hydrogen) atoms. The molecule has 0 atom stereocenters. The van der Waals surface area contributed by atoms with Crippen molar-refractivity contribution in [1.29, 1.82) is 0 Å². The largest absolute Gasteiger partial charge is 0.497 e. The average molecular weight is 285 g/mol. The molecule has 2 rings (SSSR count). The molecule has 0 fully saturated rings. The second kappa shape index (κ2) is 5.87. The predicted molar refractivity (Wildman–Crippen MR) is 83.3 cm³/mol. The maximum Gasteiger partial charge on any atom is 0.199 e. The van der Waals surface area contributed by atoms with E-state index in [0.717, 1.165) is 11.1 Å². The lowest BCUT2D eigenvalue weighted by Crippen LogP contribution is -2.09. The van der Waals surface area contributed by atoms with Gasteiger partial charge in [0.05, 0.1) is 19.8 Å². The number of ether oxygens (including phenoxy) is 2. The molecule has 4 heteroatoms. The first-order chi connectivity index (χ1) is 9.97. The first-order valence-electron chi connectivity index (χ1n) is 6.61. The lowest BCUT2D eigenvalue weighted by molar-refractivity contribution is 0.103. The summed E-state index contributed by atoms with van der Waals surface area (Å²) in [7, 11) is 3.11. The van der Waals surface area contributed by atoms with Crippen molar-refractivity contribution < 1.29 is 14.3 Å². The van der Waals surface area contributed by atoms with Crippen LogP contribution in [0, 0.1) is 13.8 Å². The minimum atomic E-state index is -0.166. The molecule has 0 amide bonds. The standard InChI is InChI=1S/C17H19NO3/c1-10-7-11(2)16(15(8-10)21-4)17(19)13-9-12(20-3)5-6-14(13)18/h5-9H,18H2,1-4H3. The summed E-state index contributed by atoms with van der Waals surface area (Å²) in [5.74, 6) is 0.983. The van der Waals surface area contributed by atoms with Gasteiger partial charge in [0.2, 0.25) is 0 Å². The van der Waals surface area contributed by atoms with Gasteiger partial charge in [0.1, 0.15) is 11.5 Å². The van der Waals surface area contributed by atoms with E-state index in [1.807, 2.05) is 26.0 Å². The lowest BCUT2D eigenvalue weighted by atomic mass is 9.95. The Morgan fingerprint density at radius 2 is 1.76 bits per heavy atom. The zero-order valence-corrected chi connectivity index (χ0v) is 12.7. The van der Waals surface area contributed by atoms with E-state index >= 15 is 0 Å². The second-order valence-corrected chi connectivity index (χ2v) is 4.94. The highest BCUT2D eigenvalue weighted by atomic mass is 16.5. The third kappa shape index (κ3) is 2.84. The molecule has 2 N–H and O–H groups in total.